The number of amides is 1. The van der Waals surface area contributed by atoms with E-state index in [4.69, 9.17) is 16.3 Å². The Morgan fingerprint density at radius 3 is 2.90 bits per heavy atom. The van der Waals surface area contributed by atoms with E-state index in [1.54, 1.807) is 6.20 Å². The maximum absolute atomic E-state index is 12.4. The van der Waals surface area contributed by atoms with E-state index in [1.165, 1.54) is 23.0 Å². The van der Waals surface area contributed by atoms with Gasteiger partial charge in [-0.05, 0) is 47.9 Å². The van der Waals surface area contributed by atoms with Crippen LogP contribution >= 0.6 is 22.9 Å². The monoisotopic (exact) mass is 424 g/mol. The highest BCUT2D eigenvalue weighted by atomic mass is 35.5. The molecule has 148 valence electrons. The van der Waals surface area contributed by atoms with Crippen molar-refractivity contribution in [1.82, 2.24) is 9.88 Å². The lowest BCUT2D eigenvalue weighted by Crippen LogP contribution is -2.37. The molecule has 0 bridgehead atoms. The molecule has 6 heteroatoms. The molecule has 0 N–H and O–H groups in total. The van der Waals surface area contributed by atoms with E-state index in [2.05, 4.69) is 23.7 Å². The zero-order chi connectivity index (χ0) is 20.4. The fourth-order valence-corrected chi connectivity index (χ4v) is 5.20. The third-order valence-electron chi connectivity index (χ3n) is 5.09. The van der Waals surface area contributed by atoms with Crippen LogP contribution in [0.5, 0.6) is 5.88 Å². The normalized spacial score (nSPS) is 15.7. The van der Waals surface area contributed by atoms with E-state index in [0.717, 1.165) is 25.9 Å². The molecule has 0 aliphatic carbocycles. The molecule has 1 atom stereocenters. The summed E-state index contributed by atoms with van der Waals surface area (Å²) in [5.74, 6) is 0.553. The van der Waals surface area contributed by atoms with Crippen LogP contribution in [0.25, 0.3) is 11.1 Å². The Hall–Kier alpha value is -2.63. The number of benzene rings is 1. The standard InChI is InChI=1S/C23H21ClN2O2S/c1-3-22(27)26-13-19(18-12-21(24)29-20(18)14-26)16-9-6-5-8-15(16)17-10-7-11-25-23(17)28-4-2/h3,5-12,19H,1,4,13-14H2,2H3/t19-/m0/s1. The summed E-state index contributed by atoms with van der Waals surface area (Å²) in [5.41, 5.74) is 4.30. The van der Waals surface area contributed by atoms with E-state index in [0.29, 0.717) is 25.6 Å². The molecule has 1 aliphatic rings. The summed E-state index contributed by atoms with van der Waals surface area (Å²) in [6.45, 7) is 7.28. The maximum Gasteiger partial charge on any atom is 0.246 e. The van der Waals surface area contributed by atoms with Crippen molar-refractivity contribution in [2.24, 2.45) is 0 Å². The average Bonchev–Trinajstić information content (AvgIpc) is 3.13. The smallest absolute Gasteiger partial charge is 0.246 e. The number of halogens is 1. The molecule has 3 aromatic rings. The van der Waals surface area contributed by atoms with Crippen molar-refractivity contribution < 1.29 is 9.53 Å². The molecule has 1 aliphatic heterocycles. The van der Waals surface area contributed by atoms with Crippen LogP contribution in [0.2, 0.25) is 4.34 Å². The van der Waals surface area contributed by atoms with Crippen LogP contribution in [0.4, 0.5) is 0 Å². The van der Waals surface area contributed by atoms with Crippen LogP contribution in [0.15, 0.2) is 61.3 Å². The van der Waals surface area contributed by atoms with Gasteiger partial charge in [0.05, 0.1) is 17.5 Å². The predicted octanol–water partition coefficient (Wildman–Crippen LogP) is 5.52. The SMILES string of the molecule is C=CC(=O)N1Cc2sc(Cl)cc2[C@H](c2ccccc2-c2cccnc2OCC)C1. The van der Waals surface area contributed by atoms with Gasteiger partial charge in [0, 0.05) is 29.1 Å². The van der Waals surface area contributed by atoms with Crippen molar-refractivity contribution >= 4 is 28.8 Å². The Bertz CT molecular complexity index is 1060. The average molecular weight is 425 g/mol. The van der Waals surface area contributed by atoms with E-state index in [-0.39, 0.29) is 11.8 Å². The number of rotatable bonds is 5. The number of hydrogen-bond donors (Lipinski definition) is 0. The minimum atomic E-state index is -0.0703. The molecular formula is C23H21ClN2O2S. The van der Waals surface area contributed by atoms with E-state index < -0.39 is 0 Å². The van der Waals surface area contributed by atoms with E-state index >= 15 is 0 Å². The van der Waals surface area contributed by atoms with Crippen molar-refractivity contribution in [3.8, 4) is 17.0 Å². The fourth-order valence-electron chi connectivity index (χ4n) is 3.84. The number of hydrogen-bond acceptors (Lipinski definition) is 4. The summed E-state index contributed by atoms with van der Waals surface area (Å²) in [4.78, 5) is 19.8. The summed E-state index contributed by atoms with van der Waals surface area (Å²) in [7, 11) is 0. The lowest BCUT2D eigenvalue weighted by Gasteiger charge is -2.33. The van der Waals surface area contributed by atoms with Crippen molar-refractivity contribution in [3.05, 3.63) is 81.7 Å². The Morgan fingerprint density at radius 2 is 2.10 bits per heavy atom. The third-order valence-corrected chi connectivity index (χ3v) is 6.35. The summed E-state index contributed by atoms with van der Waals surface area (Å²) in [6.07, 6.45) is 3.11. The predicted molar refractivity (Wildman–Crippen MR) is 118 cm³/mol. The summed E-state index contributed by atoms with van der Waals surface area (Å²) in [5, 5.41) is 0. The Balaban J connectivity index is 1.85. The van der Waals surface area contributed by atoms with Gasteiger partial charge in [0.1, 0.15) is 0 Å². The van der Waals surface area contributed by atoms with Gasteiger partial charge in [-0.15, -0.1) is 11.3 Å². The molecule has 3 heterocycles. The molecule has 4 rings (SSSR count). The topological polar surface area (TPSA) is 42.4 Å². The lowest BCUT2D eigenvalue weighted by molar-refractivity contribution is -0.127. The quantitative estimate of drug-likeness (QED) is 0.506. The second-order valence-corrected chi connectivity index (χ2v) is 8.55. The first-order valence-corrected chi connectivity index (χ1v) is 10.7. The van der Waals surface area contributed by atoms with Gasteiger partial charge in [0.2, 0.25) is 11.8 Å². The summed E-state index contributed by atoms with van der Waals surface area (Å²) < 4.78 is 6.51. The Labute approximate surface area is 179 Å². The van der Waals surface area contributed by atoms with Crippen molar-refractivity contribution in [3.63, 3.8) is 0 Å². The van der Waals surface area contributed by atoms with Gasteiger partial charge >= 0.3 is 0 Å². The molecule has 29 heavy (non-hydrogen) atoms. The van der Waals surface area contributed by atoms with Gasteiger partial charge in [-0.25, -0.2) is 4.98 Å². The number of pyridine rings is 1. The molecule has 0 radical (unpaired) electrons. The van der Waals surface area contributed by atoms with Crippen molar-refractivity contribution in [1.29, 1.82) is 0 Å². The molecule has 0 spiro atoms. The fraction of sp³-hybridized carbons (Fsp3) is 0.217. The van der Waals surface area contributed by atoms with Gasteiger partial charge in [-0.2, -0.15) is 0 Å². The van der Waals surface area contributed by atoms with Gasteiger partial charge in [-0.3, -0.25) is 4.79 Å². The molecule has 2 aromatic heterocycles. The second-order valence-electron chi connectivity index (χ2n) is 6.78. The Kier molecular flexibility index (Phi) is 5.69. The second kappa shape index (κ2) is 8.39. The lowest BCUT2D eigenvalue weighted by atomic mass is 9.84. The number of carbonyl (C=O) groups is 1. The number of aromatic nitrogens is 1. The van der Waals surface area contributed by atoms with Gasteiger partial charge in [0.15, 0.2) is 0 Å². The first-order chi connectivity index (χ1) is 14.1. The molecule has 1 amide bonds. The summed E-state index contributed by atoms with van der Waals surface area (Å²) in [6, 6.07) is 14.2. The molecule has 0 saturated carbocycles. The van der Waals surface area contributed by atoms with Crippen LogP contribution in [0, 0.1) is 0 Å². The van der Waals surface area contributed by atoms with E-state index in [1.807, 2.05) is 42.2 Å². The van der Waals surface area contributed by atoms with Gasteiger partial charge in [0.25, 0.3) is 0 Å². The van der Waals surface area contributed by atoms with Crippen molar-refractivity contribution in [2.45, 2.75) is 19.4 Å². The molecule has 1 aromatic carbocycles. The highest BCUT2D eigenvalue weighted by Gasteiger charge is 2.32. The largest absolute Gasteiger partial charge is 0.478 e. The number of fused-ring (bicyclic) bond motifs is 1. The van der Waals surface area contributed by atoms with Crippen LogP contribution in [0.1, 0.15) is 28.8 Å². The molecule has 0 saturated heterocycles. The number of carbonyl (C=O) groups excluding carboxylic acids is 1. The van der Waals surface area contributed by atoms with Crippen LogP contribution in [-0.4, -0.2) is 28.9 Å². The maximum atomic E-state index is 12.4. The highest BCUT2D eigenvalue weighted by Crippen LogP contribution is 2.43. The number of thiophene rings is 1. The highest BCUT2D eigenvalue weighted by molar-refractivity contribution is 7.16. The zero-order valence-corrected chi connectivity index (χ0v) is 17.7. The van der Waals surface area contributed by atoms with Gasteiger partial charge < -0.3 is 9.64 Å². The minimum Gasteiger partial charge on any atom is -0.478 e. The van der Waals surface area contributed by atoms with Crippen molar-refractivity contribution in [2.75, 3.05) is 13.2 Å². The third kappa shape index (κ3) is 3.80. The molecule has 4 nitrogen and oxygen atoms in total. The molecule has 0 fully saturated rings. The van der Waals surface area contributed by atoms with Gasteiger partial charge in [-0.1, -0.05) is 42.4 Å². The molecule has 0 unspecified atom stereocenters. The van der Waals surface area contributed by atoms with Crippen LogP contribution in [0.3, 0.4) is 0 Å². The minimum absolute atomic E-state index is 0.0114. The Morgan fingerprint density at radius 1 is 1.31 bits per heavy atom. The van der Waals surface area contributed by atoms with E-state index in [9.17, 15) is 4.79 Å². The number of ether oxygens (including phenoxy) is 1. The zero-order valence-electron chi connectivity index (χ0n) is 16.1. The number of nitrogens with zero attached hydrogens (tertiary/aromatic N) is 2. The first kappa shape index (κ1) is 19.7. The first-order valence-electron chi connectivity index (χ1n) is 9.49. The van der Waals surface area contributed by atoms with Crippen LogP contribution < -0.4 is 4.74 Å². The van der Waals surface area contributed by atoms with Crippen LogP contribution in [-0.2, 0) is 11.3 Å². The summed E-state index contributed by atoms with van der Waals surface area (Å²) >= 11 is 7.89. The molecular weight excluding hydrogens is 404 g/mol.